The van der Waals surface area contributed by atoms with Crippen molar-refractivity contribution in [3.63, 3.8) is 0 Å². The summed E-state index contributed by atoms with van der Waals surface area (Å²) in [5, 5.41) is 9.30. The van der Waals surface area contributed by atoms with Gasteiger partial charge in [0, 0.05) is 5.38 Å². The van der Waals surface area contributed by atoms with Crippen molar-refractivity contribution >= 4 is 27.5 Å². The first kappa shape index (κ1) is 9.14. The van der Waals surface area contributed by atoms with Crippen molar-refractivity contribution in [2.75, 3.05) is 0 Å². The molecule has 0 saturated carbocycles. The average Bonchev–Trinajstić information content (AvgIpc) is 2.30. The Balaban J connectivity index is 3.17. The van der Waals surface area contributed by atoms with Crippen LogP contribution in [0.2, 0.25) is 0 Å². The summed E-state index contributed by atoms with van der Waals surface area (Å²) in [7, 11) is -4.77. The molecule has 7 heteroatoms. The summed E-state index contributed by atoms with van der Waals surface area (Å²) < 4.78 is 32.6. The normalized spacial score (nSPS) is 11.4. The van der Waals surface area contributed by atoms with Gasteiger partial charge in [-0.3, -0.25) is 0 Å². The summed E-state index contributed by atoms with van der Waals surface area (Å²) in [6.45, 7) is 0. The van der Waals surface area contributed by atoms with Gasteiger partial charge in [-0.1, -0.05) is 0 Å². The summed E-state index contributed by atoms with van der Waals surface area (Å²) in [6.07, 6.45) is 0. The van der Waals surface area contributed by atoms with Crippen LogP contribution < -0.4 is 0 Å². The van der Waals surface area contributed by atoms with Gasteiger partial charge in [0.15, 0.2) is 0 Å². The van der Waals surface area contributed by atoms with E-state index in [1.807, 2.05) is 0 Å². The van der Waals surface area contributed by atoms with Crippen molar-refractivity contribution < 1.29 is 22.2 Å². The van der Waals surface area contributed by atoms with Crippen LogP contribution in [-0.2, 0) is 10.2 Å². The van der Waals surface area contributed by atoms with Crippen molar-refractivity contribution in [1.29, 1.82) is 0 Å². The summed E-state index contributed by atoms with van der Waals surface area (Å²) >= 11 is 0.666. The lowest BCUT2D eigenvalue weighted by molar-refractivity contribution is 0.0702. The molecule has 0 saturated heterocycles. The van der Waals surface area contributed by atoms with Crippen LogP contribution in [0.1, 0.15) is 9.67 Å². The van der Waals surface area contributed by atoms with Gasteiger partial charge < -0.3 is 5.11 Å². The SMILES string of the molecule is O=C(O)c1cc(S(=O)(=O)F)cs1. The van der Waals surface area contributed by atoms with Gasteiger partial charge in [-0.25, -0.2) is 4.79 Å². The van der Waals surface area contributed by atoms with E-state index < -0.39 is 21.1 Å². The molecule has 0 bridgehead atoms. The molecule has 0 amide bonds. The van der Waals surface area contributed by atoms with E-state index >= 15 is 0 Å². The topological polar surface area (TPSA) is 71.4 Å². The average molecular weight is 210 g/mol. The van der Waals surface area contributed by atoms with E-state index in [9.17, 15) is 17.1 Å². The highest BCUT2D eigenvalue weighted by molar-refractivity contribution is 7.86. The Kier molecular flexibility index (Phi) is 2.16. The Morgan fingerprint density at radius 1 is 1.58 bits per heavy atom. The molecular weight excluding hydrogens is 207 g/mol. The largest absolute Gasteiger partial charge is 0.477 e. The standard InChI is InChI=1S/C5H3FO4S2/c6-12(9,10)3-1-4(5(7)8)11-2-3/h1-2H,(H,7,8). The maximum absolute atomic E-state index is 12.2. The zero-order chi connectivity index (χ0) is 9.35. The van der Waals surface area contributed by atoms with Crippen molar-refractivity contribution in [1.82, 2.24) is 0 Å². The minimum absolute atomic E-state index is 0.203. The third-order valence-corrected chi connectivity index (χ3v) is 2.93. The van der Waals surface area contributed by atoms with Gasteiger partial charge in [0.1, 0.15) is 9.77 Å². The molecule has 66 valence electrons. The minimum atomic E-state index is -4.77. The number of carbonyl (C=O) groups is 1. The van der Waals surface area contributed by atoms with Crippen LogP contribution in [0, 0.1) is 0 Å². The second kappa shape index (κ2) is 2.83. The molecule has 0 aliphatic carbocycles. The van der Waals surface area contributed by atoms with Crippen LogP contribution in [0.15, 0.2) is 16.3 Å². The van der Waals surface area contributed by atoms with Gasteiger partial charge in [-0.2, -0.15) is 8.42 Å². The smallest absolute Gasteiger partial charge is 0.345 e. The number of rotatable bonds is 2. The van der Waals surface area contributed by atoms with E-state index in [0.29, 0.717) is 11.3 Å². The molecular formula is C5H3FO4S2. The number of aromatic carboxylic acids is 1. The van der Waals surface area contributed by atoms with E-state index in [4.69, 9.17) is 5.11 Å². The second-order valence-corrected chi connectivity index (χ2v) is 4.15. The van der Waals surface area contributed by atoms with Gasteiger partial charge in [0.2, 0.25) is 0 Å². The number of hydrogen-bond donors (Lipinski definition) is 1. The zero-order valence-electron chi connectivity index (χ0n) is 5.52. The number of hydrogen-bond acceptors (Lipinski definition) is 4. The molecule has 0 aliphatic rings. The first-order chi connectivity index (χ1) is 5.41. The minimum Gasteiger partial charge on any atom is -0.477 e. The maximum Gasteiger partial charge on any atom is 0.345 e. The molecule has 0 aliphatic heterocycles. The van der Waals surface area contributed by atoms with Crippen LogP contribution in [0.3, 0.4) is 0 Å². The molecule has 12 heavy (non-hydrogen) atoms. The van der Waals surface area contributed by atoms with Crippen molar-refractivity contribution in [2.45, 2.75) is 4.90 Å². The molecule has 0 aromatic carbocycles. The van der Waals surface area contributed by atoms with E-state index in [1.165, 1.54) is 0 Å². The van der Waals surface area contributed by atoms with Crippen LogP contribution in [-0.4, -0.2) is 19.5 Å². The Bertz CT molecular complexity index is 405. The predicted octanol–water partition coefficient (Wildman–Crippen LogP) is 1.10. The zero-order valence-corrected chi connectivity index (χ0v) is 7.15. The third kappa shape index (κ3) is 1.80. The van der Waals surface area contributed by atoms with Crippen molar-refractivity contribution in [2.24, 2.45) is 0 Å². The fourth-order valence-electron chi connectivity index (χ4n) is 0.559. The molecule has 1 aromatic rings. The highest BCUT2D eigenvalue weighted by Gasteiger charge is 2.16. The van der Waals surface area contributed by atoms with Crippen LogP contribution in [0.25, 0.3) is 0 Å². The van der Waals surface area contributed by atoms with Gasteiger partial charge in [-0.15, -0.1) is 15.2 Å². The lowest BCUT2D eigenvalue weighted by atomic mass is 10.5. The van der Waals surface area contributed by atoms with Gasteiger partial charge in [0.05, 0.1) is 0 Å². The number of carboxylic acid groups (broad SMARTS) is 1. The third-order valence-electron chi connectivity index (χ3n) is 1.07. The Morgan fingerprint density at radius 2 is 2.17 bits per heavy atom. The van der Waals surface area contributed by atoms with Crippen molar-refractivity contribution in [3.05, 3.63) is 16.3 Å². The lowest BCUT2D eigenvalue weighted by Crippen LogP contribution is -1.92. The fraction of sp³-hybridized carbons (Fsp3) is 0. The molecule has 0 atom stereocenters. The van der Waals surface area contributed by atoms with Crippen molar-refractivity contribution in [3.8, 4) is 0 Å². The van der Waals surface area contributed by atoms with Gasteiger partial charge in [-0.05, 0) is 6.07 Å². The van der Waals surface area contributed by atoms with E-state index in [2.05, 4.69) is 0 Å². The fourth-order valence-corrected chi connectivity index (χ4v) is 2.10. The molecule has 1 aromatic heterocycles. The molecule has 0 spiro atoms. The van der Waals surface area contributed by atoms with Crippen LogP contribution in [0.4, 0.5) is 3.89 Å². The Hall–Kier alpha value is -0.950. The van der Waals surface area contributed by atoms with E-state index in [1.54, 1.807) is 0 Å². The molecule has 0 unspecified atom stereocenters. The first-order valence-corrected chi connectivity index (χ1v) is 4.94. The second-order valence-electron chi connectivity index (χ2n) is 1.89. The summed E-state index contributed by atoms with van der Waals surface area (Å²) in [5.41, 5.74) is 0. The highest BCUT2D eigenvalue weighted by Crippen LogP contribution is 2.20. The quantitative estimate of drug-likeness (QED) is 0.742. The number of halogens is 1. The molecule has 4 nitrogen and oxygen atoms in total. The first-order valence-electron chi connectivity index (χ1n) is 2.68. The molecule has 1 rings (SSSR count). The van der Waals surface area contributed by atoms with Crippen LogP contribution in [0.5, 0.6) is 0 Å². The van der Waals surface area contributed by atoms with Crippen LogP contribution >= 0.6 is 11.3 Å². The lowest BCUT2D eigenvalue weighted by Gasteiger charge is -1.83. The molecule has 0 radical (unpaired) electrons. The Labute approximate surface area is 71.5 Å². The molecule has 1 N–H and O–H groups in total. The van der Waals surface area contributed by atoms with E-state index in [-0.39, 0.29) is 4.88 Å². The monoisotopic (exact) mass is 210 g/mol. The predicted molar refractivity (Wildman–Crippen MR) is 39.6 cm³/mol. The summed E-state index contributed by atoms with van der Waals surface area (Å²) in [6, 6.07) is 0.780. The number of thiophene rings is 1. The maximum atomic E-state index is 12.2. The van der Waals surface area contributed by atoms with Gasteiger partial charge in [0.25, 0.3) is 0 Å². The molecule has 1 heterocycles. The summed E-state index contributed by atoms with van der Waals surface area (Å²) in [4.78, 5) is 9.43. The van der Waals surface area contributed by atoms with E-state index in [0.717, 1.165) is 11.4 Å². The highest BCUT2D eigenvalue weighted by atomic mass is 32.3. The van der Waals surface area contributed by atoms with Gasteiger partial charge >= 0.3 is 16.2 Å². The Morgan fingerprint density at radius 3 is 2.42 bits per heavy atom. The molecule has 0 fully saturated rings. The number of carboxylic acids is 1. The summed E-state index contributed by atoms with van der Waals surface area (Å²) in [5.74, 6) is -1.27.